The Labute approximate surface area is 111 Å². The molecule has 1 unspecified atom stereocenters. The van der Waals surface area contributed by atoms with Crippen molar-refractivity contribution < 1.29 is 0 Å². The van der Waals surface area contributed by atoms with Crippen LogP contribution >= 0.6 is 34.4 Å². The molecule has 1 aromatic rings. The van der Waals surface area contributed by atoms with Crippen LogP contribution in [0.25, 0.3) is 0 Å². The molecular formula is C12H18INS. The monoisotopic (exact) mass is 335 g/mol. The zero-order valence-electron chi connectivity index (χ0n) is 9.29. The van der Waals surface area contributed by atoms with Gasteiger partial charge in [0.15, 0.2) is 0 Å². The minimum Gasteiger partial charge on any atom is -0.310 e. The maximum absolute atomic E-state index is 3.54. The lowest BCUT2D eigenvalue weighted by Crippen LogP contribution is -2.20. The average Bonchev–Trinajstić information content (AvgIpc) is 2.25. The number of thioether (sulfide) groups is 1. The van der Waals surface area contributed by atoms with E-state index >= 15 is 0 Å². The van der Waals surface area contributed by atoms with E-state index in [-0.39, 0.29) is 0 Å². The van der Waals surface area contributed by atoms with Crippen LogP contribution in [-0.4, -0.2) is 18.6 Å². The summed E-state index contributed by atoms with van der Waals surface area (Å²) in [6.45, 7) is 3.33. The van der Waals surface area contributed by atoms with E-state index in [9.17, 15) is 0 Å². The number of hydrogen-bond acceptors (Lipinski definition) is 2. The zero-order chi connectivity index (χ0) is 11.1. The summed E-state index contributed by atoms with van der Waals surface area (Å²) in [6.07, 6.45) is 3.40. The van der Waals surface area contributed by atoms with Gasteiger partial charge in [-0.05, 0) is 72.2 Å². The van der Waals surface area contributed by atoms with Crippen molar-refractivity contribution in [1.82, 2.24) is 5.32 Å². The molecule has 3 heteroatoms. The van der Waals surface area contributed by atoms with Crippen LogP contribution in [0.1, 0.15) is 24.9 Å². The number of nitrogens with one attached hydrogen (secondary N) is 1. The first kappa shape index (κ1) is 13.3. The van der Waals surface area contributed by atoms with Gasteiger partial charge in [0.1, 0.15) is 0 Å². The third-order valence-electron chi connectivity index (χ3n) is 2.35. The van der Waals surface area contributed by atoms with Crippen molar-refractivity contribution in [3.05, 3.63) is 33.4 Å². The molecular weight excluding hydrogens is 317 g/mol. The normalized spacial score (nSPS) is 12.7. The molecule has 84 valence electrons. The van der Waals surface area contributed by atoms with E-state index in [2.05, 4.69) is 65.4 Å². The minimum atomic E-state index is 0.462. The maximum atomic E-state index is 3.54. The predicted molar refractivity (Wildman–Crippen MR) is 78.6 cm³/mol. The Morgan fingerprint density at radius 2 is 2.00 bits per heavy atom. The average molecular weight is 335 g/mol. The molecule has 1 rings (SSSR count). The fraction of sp³-hybridized carbons (Fsp3) is 0.500. The Balaban J connectivity index is 2.33. The minimum absolute atomic E-state index is 0.462. The second-order valence-electron chi connectivity index (χ2n) is 3.57. The Bertz CT molecular complexity index is 273. The number of benzene rings is 1. The van der Waals surface area contributed by atoms with Crippen LogP contribution in [0.15, 0.2) is 24.3 Å². The number of rotatable bonds is 6. The van der Waals surface area contributed by atoms with Crippen molar-refractivity contribution in [3.8, 4) is 0 Å². The molecule has 15 heavy (non-hydrogen) atoms. The highest BCUT2D eigenvalue weighted by Crippen LogP contribution is 2.14. The van der Waals surface area contributed by atoms with E-state index in [1.165, 1.54) is 21.3 Å². The van der Waals surface area contributed by atoms with Crippen LogP contribution < -0.4 is 5.32 Å². The SMILES string of the molecule is CSCCCNC(C)c1ccc(I)cc1. The lowest BCUT2D eigenvalue weighted by molar-refractivity contribution is 0.572. The molecule has 1 atom stereocenters. The highest BCUT2D eigenvalue weighted by Gasteiger charge is 2.03. The molecule has 0 spiro atoms. The Hall–Kier alpha value is 0.260. The summed E-state index contributed by atoms with van der Waals surface area (Å²) in [7, 11) is 0. The molecule has 1 aromatic carbocycles. The van der Waals surface area contributed by atoms with Gasteiger partial charge in [-0.2, -0.15) is 11.8 Å². The van der Waals surface area contributed by atoms with Crippen LogP contribution in [-0.2, 0) is 0 Å². The van der Waals surface area contributed by atoms with Crippen LogP contribution in [0.3, 0.4) is 0 Å². The molecule has 0 aromatic heterocycles. The van der Waals surface area contributed by atoms with Crippen LogP contribution in [0.5, 0.6) is 0 Å². The summed E-state index contributed by atoms with van der Waals surface area (Å²) < 4.78 is 1.30. The fourth-order valence-corrected chi connectivity index (χ4v) is 2.20. The Morgan fingerprint density at radius 3 is 2.60 bits per heavy atom. The van der Waals surface area contributed by atoms with Gasteiger partial charge < -0.3 is 5.32 Å². The van der Waals surface area contributed by atoms with Crippen LogP contribution in [0, 0.1) is 3.57 Å². The van der Waals surface area contributed by atoms with E-state index in [1.54, 1.807) is 0 Å². The fourth-order valence-electron chi connectivity index (χ4n) is 1.40. The standard InChI is InChI=1S/C12H18INS/c1-10(14-8-3-9-15-2)11-4-6-12(13)7-5-11/h4-7,10,14H,3,8-9H2,1-2H3. The lowest BCUT2D eigenvalue weighted by atomic mass is 10.1. The van der Waals surface area contributed by atoms with Gasteiger partial charge in [0.2, 0.25) is 0 Å². The summed E-state index contributed by atoms with van der Waals surface area (Å²) in [5.74, 6) is 1.24. The molecule has 0 aliphatic rings. The van der Waals surface area contributed by atoms with Gasteiger partial charge in [-0.25, -0.2) is 0 Å². The van der Waals surface area contributed by atoms with Crippen molar-refractivity contribution in [2.45, 2.75) is 19.4 Å². The largest absolute Gasteiger partial charge is 0.310 e. The highest BCUT2D eigenvalue weighted by molar-refractivity contribution is 14.1. The first-order valence-corrected chi connectivity index (χ1v) is 7.69. The molecule has 1 N–H and O–H groups in total. The van der Waals surface area contributed by atoms with Crippen molar-refractivity contribution in [1.29, 1.82) is 0 Å². The van der Waals surface area contributed by atoms with Gasteiger partial charge >= 0.3 is 0 Å². The first-order valence-electron chi connectivity index (χ1n) is 5.22. The molecule has 0 aliphatic carbocycles. The third-order valence-corrected chi connectivity index (χ3v) is 3.76. The van der Waals surface area contributed by atoms with Gasteiger partial charge in [0, 0.05) is 9.61 Å². The van der Waals surface area contributed by atoms with E-state index in [1.807, 2.05) is 11.8 Å². The quantitative estimate of drug-likeness (QED) is 0.629. The number of hydrogen-bond donors (Lipinski definition) is 1. The van der Waals surface area contributed by atoms with Gasteiger partial charge in [0.05, 0.1) is 0 Å². The second-order valence-corrected chi connectivity index (χ2v) is 5.80. The maximum Gasteiger partial charge on any atom is 0.0291 e. The summed E-state index contributed by atoms with van der Waals surface area (Å²) in [5.41, 5.74) is 1.37. The van der Waals surface area contributed by atoms with Gasteiger partial charge in [-0.1, -0.05) is 12.1 Å². The first-order chi connectivity index (χ1) is 7.24. The molecule has 0 aliphatic heterocycles. The van der Waals surface area contributed by atoms with E-state index in [4.69, 9.17) is 0 Å². The molecule has 0 bridgehead atoms. The van der Waals surface area contributed by atoms with E-state index < -0.39 is 0 Å². The van der Waals surface area contributed by atoms with Crippen LogP contribution in [0.4, 0.5) is 0 Å². The smallest absolute Gasteiger partial charge is 0.0291 e. The summed E-state index contributed by atoms with van der Waals surface area (Å²) in [6, 6.07) is 9.19. The number of halogens is 1. The molecule has 0 radical (unpaired) electrons. The van der Waals surface area contributed by atoms with Gasteiger partial charge in [-0.15, -0.1) is 0 Å². The summed E-state index contributed by atoms with van der Waals surface area (Å²) in [5, 5.41) is 3.54. The highest BCUT2D eigenvalue weighted by atomic mass is 127. The molecule has 0 amide bonds. The molecule has 1 nitrogen and oxygen atoms in total. The molecule has 0 heterocycles. The molecule has 0 saturated heterocycles. The Morgan fingerprint density at radius 1 is 1.33 bits per heavy atom. The zero-order valence-corrected chi connectivity index (χ0v) is 12.3. The summed E-state index contributed by atoms with van der Waals surface area (Å²) in [4.78, 5) is 0. The Kier molecular flexibility index (Phi) is 6.68. The lowest BCUT2D eigenvalue weighted by Gasteiger charge is -2.13. The van der Waals surface area contributed by atoms with E-state index in [0.717, 1.165) is 6.54 Å². The van der Waals surface area contributed by atoms with Crippen molar-refractivity contribution in [2.24, 2.45) is 0 Å². The second kappa shape index (κ2) is 7.52. The third kappa shape index (κ3) is 5.22. The van der Waals surface area contributed by atoms with Crippen molar-refractivity contribution in [3.63, 3.8) is 0 Å². The van der Waals surface area contributed by atoms with E-state index in [0.29, 0.717) is 6.04 Å². The van der Waals surface area contributed by atoms with Crippen molar-refractivity contribution in [2.75, 3.05) is 18.6 Å². The molecule has 0 fully saturated rings. The topological polar surface area (TPSA) is 12.0 Å². The predicted octanol–water partition coefficient (Wildman–Crippen LogP) is 3.69. The van der Waals surface area contributed by atoms with Crippen LogP contribution in [0.2, 0.25) is 0 Å². The van der Waals surface area contributed by atoms with Gasteiger partial charge in [-0.3, -0.25) is 0 Å². The summed E-state index contributed by atoms with van der Waals surface area (Å²) >= 11 is 4.25. The van der Waals surface area contributed by atoms with Gasteiger partial charge in [0.25, 0.3) is 0 Å². The van der Waals surface area contributed by atoms with Crippen molar-refractivity contribution >= 4 is 34.4 Å². The molecule has 0 saturated carbocycles.